The molecule has 1 aliphatic rings. The number of aliphatic hydroxyl groups is 1. The van der Waals surface area contributed by atoms with Crippen molar-refractivity contribution in [2.75, 3.05) is 25.1 Å². The monoisotopic (exact) mass is 363 g/mol. The lowest BCUT2D eigenvalue weighted by molar-refractivity contribution is 0.0600. The lowest BCUT2D eigenvalue weighted by Crippen LogP contribution is -2.22. The molecule has 3 aromatic rings. The van der Waals surface area contributed by atoms with E-state index in [2.05, 4.69) is 11.1 Å². The molecular weight excluding hydrogens is 342 g/mol. The molecule has 0 saturated carbocycles. The molecule has 2 atom stereocenters. The number of rotatable bonds is 4. The Hall–Kier alpha value is -2.99. The fourth-order valence-corrected chi connectivity index (χ4v) is 3.54. The van der Waals surface area contributed by atoms with Gasteiger partial charge in [-0.25, -0.2) is 9.78 Å². The molecule has 1 N–H and O–H groups in total. The molecular formula is C21H21N3O3. The van der Waals surface area contributed by atoms with Crippen molar-refractivity contribution < 1.29 is 14.6 Å². The molecule has 1 fully saturated rings. The van der Waals surface area contributed by atoms with E-state index in [1.165, 1.54) is 13.3 Å². The van der Waals surface area contributed by atoms with Crippen LogP contribution >= 0.6 is 0 Å². The first-order valence-corrected chi connectivity index (χ1v) is 8.96. The summed E-state index contributed by atoms with van der Waals surface area (Å²) < 4.78 is 4.69. The number of β-amino-alcohol motifs (C(OH)–C–C–N with tert-alkyl or cyclic N) is 1. The van der Waals surface area contributed by atoms with Crippen LogP contribution in [-0.2, 0) is 11.2 Å². The normalized spacial score (nSPS) is 19.4. The second-order valence-electron chi connectivity index (χ2n) is 6.83. The zero-order valence-corrected chi connectivity index (χ0v) is 15.1. The van der Waals surface area contributed by atoms with Gasteiger partial charge in [-0.15, -0.1) is 0 Å². The highest BCUT2D eigenvalue weighted by molar-refractivity contribution is 5.89. The maximum Gasteiger partial charge on any atom is 0.339 e. The highest BCUT2D eigenvalue weighted by Crippen LogP contribution is 2.26. The number of carbonyl (C=O) groups is 1. The van der Waals surface area contributed by atoms with Crippen molar-refractivity contribution in [3.05, 3.63) is 66.0 Å². The number of esters is 1. The van der Waals surface area contributed by atoms with Gasteiger partial charge in [0.2, 0.25) is 0 Å². The number of fused-ring (bicyclic) bond motifs is 1. The van der Waals surface area contributed by atoms with Crippen LogP contribution in [0.4, 0.5) is 5.82 Å². The predicted molar refractivity (Wildman–Crippen MR) is 103 cm³/mol. The molecule has 1 saturated heterocycles. The average Bonchev–Trinajstić information content (AvgIpc) is 3.07. The third-order valence-corrected chi connectivity index (χ3v) is 5.03. The Balaban J connectivity index is 1.46. The van der Waals surface area contributed by atoms with Gasteiger partial charge in [0.1, 0.15) is 5.82 Å². The van der Waals surface area contributed by atoms with Crippen LogP contribution in [-0.4, -0.2) is 47.3 Å². The van der Waals surface area contributed by atoms with E-state index >= 15 is 0 Å². The molecule has 1 aromatic carbocycles. The zero-order valence-electron chi connectivity index (χ0n) is 15.1. The first kappa shape index (κ1) is 17.4. The number of hydrogen-bond donors (Lipinski definition) is 1. The van der Waals surface area contributed by atoms with Gasteiger partial charge in [0.25, 0.3) is 0 Å². The van der Waals surface area contributed by atoms with Crippen molar-refractivity contribution in [1.82, 2.24) is 9.97 Å². The largest absolute Gasteiger partial charge is 0.465 e. The summed E-state index contributed by atoms with van der Waals surface area (Å²) in [6.45, 7) is 1.21. The molecule has 0 radical (unpaired) electrons. The van der Waals surface area contributed by atoms with Gasteiger partial charge in [-0.3, -0.25) is 4.98 Å². The highest BCUT2D eigenvalue weighted by Gasteiger charge is 2.32. The Bertz CT molecular complexity index is 958. The maximum atomic E-state index is 11.5. The number of nitrogens with zero attached hydrogens (tertiary/aromatic N) is 3. The van der Waals surface area contributed by atoms with Gasteiger partial charge in [-0.1, -0.05) is 24.3 Å². The van der Waals surface area contributed by atoms with Crippen molar-refractivity contribution in [2.45, 2.75) is 12.5 Å². The van der Waals surface area contributed by atoms with Crippen molar-refractivity contribution in [2.24, 2.45) is 5.92 Å². The Kier molecular flexibility index (Phi) is 4.73. The lowest BCUT2D eigenvalue weighted by Gasteiger charge is -2.17. The van der Waals surface area contributed by atoms with Crippen LogP contribution in [0.5, 0.6) is 0 Å². The summed E-state index contributed by atoms with van der Waals surface area (Å²) in [5.74, 6) is 0.423. The first-order chi connectivity index (χ1) is 13.1. The standard InChI is InChI=1S/C21H21N3O3/c1-27-21(26)15-7-9-20(22-11-15)24-12-16(19(25)13-24)10-17-8-6-14-4-2-3-5-18(14)23-17/h2-9,11,16,19,25H,10,12-13H2,1H3/t16-,19-/m1/s1. The fraction of sp³-hybridized carbons (Fsp3) is 0.286. The molecule has 6 heteroatoms. The number of aromatic nitrogens is 2. The predicted octanol–water partition coefficient (Wildman–Crippen LogP) is 2.46. The summed E-state index contributed by atoms with van der Waals surface area (Å²) in [6, 6.07) is 15.6. The molecule has 6 nitrogen and oxygen atoms in total. The Morgan fingerprint density at radius 2 is 2.04 bits per heavy atom. The second kappa shape index (κ2) is 7.32. The molecule has 4 rings (SSSR count). The van der Waals surface area contributed by atoms with E-state index in [1.54, 1.807) is 12.1 Å². The molecule has 27 heavy (non-hydrogen) atoms. The number of benzene rings is 1. The Morgan fingerprint density at radius 3 is 2.81 bits per heavy atom. The van der Waals surface area contributed by atoms with Gasteiger partial charge in [0.05, 0.1) is 24.3 Å². The van der Waals surface area contributed by atoms with E-state index in [0.29, 0.717) is 25.1 Å². The number of hydrogen-bond acceptors (Lipinski definition) is 6. The Labute approximate surface area is 157 Å². The molecule has 138 valence electrons. The van der Waals surface area contributed by atoms with Crippen molar-refractivity contribution in [1.29, 1.82) is 0 Å². The molecule has 0 spiro atoms. The van der Waals surface area contributed by atoms with Crippen LogP contribution in [0.2, 0.25) is 0 Å². The molecule has 3 heterocycles. The number of ether oxygens (including phenoxy) is 1. The van der Waals surface area contributed by atoms with Crippen molar-refractivity contribution >= 4 is 22.7 Å². The van der Waals surface area contributed by atoms with Gasteiger partial charge in [-0.05, 0) is 30.7 Å². The van der Waals surface area contributed by atoms with Crippen LogP contribution in [0.25, 0.3) is 10.9 Å². The van der Waals surface area contributed by atoms with E-state index in [9.17, 15) is 9.90 Å². The first-order valence-electron chi connectivity index (χ1n) is 8.96. The molecule has 0 aliphatic carbocycles. The lowest BCUT2D eigenvalue weighted by atomic mass is 9.99. The summed E-state index contributed by atoms with van der Waals surface area (Å²) >= 11 is 0. The quantitative estimate of drug-likeness (QED) is 0.718. The van der Waals surface area contributed by atoms with Crippen LogP contribution in [0.3, 0.4) is 0 Å². The minimum atomic E-state index is -0.444. The molecule has 1 aliphatic heterocycles. The average molecular weight is 363 g/mol. The van der Waals surface area contributed by atoms with Gasteiger partial charge >= 0.3 is 5.97 Å². The molecule has 2 aromatic heterocycles. The van der Waals surface area contributed by atoms with Gasteiger partial charge < -0.3 is 14.7 Å². The smallest absolute Gasteiger partial charge is 0.339 e. The number of aliphatic hydroxyl groups excluding tert-OH is 1. The number of carbonyl (C=O) groups excluding carboxylic acids is 1. The minimum absolute atomic E-state index is 0.0840. The third kappa shape index (κ3) is 3.61. The van der Waals surface area contributed by atoms with E-state index in [-0.39, 0.29) is 5.92 Å². The van der Waals surface area contributed by atoms with E-state index in [4.69, 9.17) is 9.72 Å². The van der Waals surface area contributed by atoms with Crippen LogP contribution < -0.4 is 4.90 Å². The second-order valence-corrected chi connectivity index (χ2v) is 6.83. The van der Waals surface area contributed by atoms with Crippen LogP contribution in [0.1, 0.15) is 16.1 Å². The Morgan fingerprint density at radius 1 is 1.19 bits per heavy atom. The van der Waals surface area contributed by atoms with E-state index in [0.717, 1.165) is 22.4 Å². The van der Waals surface area contributed by atoms with Crippen molar-refractivity contribution in [3.8, 4) is 0 Å². The fourth-order valence-electron chi connectivity index (χ4n) is 3.54. The third-order valence-electron chi connectivity index (χ3n) is 5.03. The minimum Gasteiger partial charge on any atom is -0.465 e. The SMILES string of the molecule is COC(=O)c1ccc(N2C[C@@H](Cc3ccc4ccccc4n3)[C@H](O)C2)nc1. The van der Waals surface area contributed by atoms with Crippen LogP contribution in [0.15, 0.2) is 54.7 Å². The van der Waals surface area contributed by atoms with Gasteiger partial charge in [0, 0.05) is 36.3 Å². The summed E-state index contributed by atoms with van der Waals surface area (Å²) in [6.07, 6.45) is 1.77. The number of methoxy groups -OCH3 is 1. The van der Waals surface area contributed by atoms with E-state index in [1.807, 2.05) is 35.2 Å². The molecule has 0 amide bonds. The van der Waals surface area contributed by atoms with Crippen LogP contribution in [0, 0.1) is 5.92 Å². The number of pyridine rings is 2. The van der Waals surface area contributed by atoms with E-state index < -0.39 is 12.1 Å². The maximum absolute atomic E-state index is 11.5. The van der Waals surface area contributed by atoms with Gasteiger partial charge in [0.15, 0.2) is 0 Å². The zero-order chi connectivity index (χ0) is 18.8. The van der Waals surface area contributed by atoms with Crippen molar-refractivity contribution in [3.63, 3.8) is 0 Å². The number of para-hydroxylation sites is 1. The number of anilines is 1. The molecule has 0 unspecified atom stereocenters. The summed E-state index contributed by atoms with van der Waals surface area (Å²) in [5.41, 5.74) is 2.37. The highest BCUT2D eigenvalue weighted by atomic mass is 16.5. The topological polar surface area (TPSA) is 75.5 Å². The molecule has 0 bridgehead atoms. The summed E-state index contributed by atoms with van der Waals surface area (Å²) in [7, 11) is 1.35. The van der Waals surface area contributed by atoms with Gasteiger partial charge in [-0.2, -0.15) is 0 Å². The summed E-state index contributed by atoms with van der Waals surface area (Å²) in [5, 5.41) is 11.6. The summed E-state index contributed by atoms with van der Waals surface area (Å²) in [4.78, 5) is 22.6.